The summed E-state index contributed by atoms with van der Waals surface area (Å²) in [6.07, 6.45) is -4.23. The predicted octanol–water partition coefficient (Wildman–Crippen LogP) is 6.13. The zero-order chi connectivity index (χ0) is 52.7. The zero-order valence-electron chi connectivity index (χ0n) is 42.9. The van der Waals surface area contributed by atoms with Gasteiger partial charge in [-0.05, 0) is 58.8 Å². The molecular weight excluding hydrogens is 917 g/mol. The first-order valence-electron chi connectivity index (χ1n) is 24.9. The van der Waals surface area contributed by atoms with Crippen molar-refractivity contribution in [1.29, 1.82) is 0 Å². The molecule has 6 amide bonds. The van der Waals surface area contributed by atoms with Crippen molar-refractivity contribution in [2.24, 2.45) is 23.7 Å². The first kappa shape index (κ1) is 57.8. The number of rotatable bonds is 27. The van der Waals surface area contributed by atoms with E-state index in [4.69, 9.17) is 9.47 Å². The van der Waals surface area contributed by atoms with Gasteiger partial charge in [0.2, 0.25) is 23.6 Å². The zero-order valence-corrected chi connectivity index (χ0v) is 42.9. The molecule has 0 saturated carbocycles. The van der Waals surface area contributed by atoms with E-state index in [0.29, 0.717) is 0 Å². The van der Waals surface area contributed by atoms with Crippen LogP contribution in [0, 0.1) is 23.7 Å². The van der Waals surface area contributed by atoms with E-state index in [2.05, 4.69) is 31.9 Å². The molecule has 0 aliphatic heterocycles. The maximum absolute atomic E-state index is 14.3. The van der Waals surface area contributed by atoms with Crippen LogP contribution in [0.5, 0.6) is 0 Å². The van der Waals surface area contributed by atoms with Gasteiger partial charge in [0.05, 0.1) is 12.1 Å². The first-order chi connectivity index (χ1) is 34.3. The number of amides is 6. The largest absolute Gasteiger partial charge is 0.445 e. The van der Waals surface area contributed by atoms with Crippen LogP contribution in [-0.2, 0) is 54.7 Å². The third-order valence-corrected chi connectivity index (χ3v) is 12.0. The molecule has 0 heterocycles. The van der Waals surface area contributed by atoms with E-state index in [9.17, 15) is 39.0 Å². The molecule has 0 aliphatic rings. The summed E-state index contributed by atoms with van der Waals surface area (Å²) in [6, 6.07) is 29.7. The summed E-state index contributed by atoms with van der Waals surface area (Å²) < 4.78 is 10.9. The number of alkyl carbamates (subject to hydrolysis) is 2. The van der Waals surface area contributed by atoms with Gasteiger partial charge in [0.25, 0.3) is 0 Å². The highest BCUT2D eigenvalue weighted by molar-refractivity contribution is 5.92. The van der Waals surface area contributed by atoms with Crippen molar-refractivity contribution >= 4 is 35.8 Å². The molecule has 4 aromatic rings. The molecule has 0 spiro atoms. The lowest BCUT2D eigenvalue weighted by molar-refractivity contribution is -0.134. The van der Waals surface area contributed by atoms with Crippen molar-refractivity contribution in [1.82, 2.24) is 31.9 Å². The van der Waals surface area contributed by atoms with E-state index in [-0.39, 0.29) is 50.7 Å². The van der Waals surface area contributed by atoms with Gasteiger partial charge < -0.3 is 51.6 Å². The predicted molar refractivity (Wildman–Crippen MR) is 276 cm³/mol. The number of aliphatic hydroxyl groups is 2. The fourth-order valence-corrected chi connectivity index (χ4v) is 8.11. The maximum Gasteiger partial charge on any atom is 0.408 e. The van der Waals surface area contributed by atoms with Crippen molar-refractivity contribution in [3.63, 3.8) is 0 Å². The van der Waals surface area contributed by atoms with Crippen molar-refractivity contribution in [2.75, 3.05) is 0 Å². The monoisotopic (exact) mass is 993 g/mol. The molecule has 390 valence electrons. The van der Waals surface area contributed by atoms with Crippen LogP contribution < -0.4 is 31.9 Å². The van der Waals surface area contributed by atoms with Crippen LogP contribution in [0.3, 0.4) is 0 Å². The Labute approximate surface area is 424 Å². The van der Waals surface area contributed by atoms with Crippen LogP contribution in [0.1, 0.15) is 90.5 Å². The Morgan fingerprint density at radius 1 is 0.403 bits per heavy atom. The molecule has 4 unspecified atom stereocenters. The molecular formula is C56H76N6O10. The van der Waals surface area contributed by atoms with Crippen LogP contribution in [0.25, 0.3) is 0 Å². The molecule has 0 saturated heterocycles. The summed E-state index contributed by atoms with van der Waals surface area (Å²) >= 11 is 0. The van der Waals surface area contributed by atoms with Crippen LogP contribution in [0.2, 0.25) is 0 Å². The minimum Gasteiger partial charge on any atom is -0.445 e. The number of nitrogens with one attached hydrogen (secondary N) is 6. The summed E-state index contributed by atoms with van der Waals surface area (Å²) in [5, 5.41) is 40.7. The third kappa shape index (κ3) is 19.8. The second-order valence-corrected chi connectivity index (χ2v) is 19.8. The summed E-state index contributed by atoms with van der Waals surface area (Å²) in [5.74, 6) is -3.63. The van der Waals surface area contributed by atoms with Crippen LogP contribution in [0.15, 0.2) is 121 Å². The van der Waals surface area contributed by atoms with Crippen molar-refractivity contribution in [3.8, 4) is 0 Å². The number of carbonyl (C=O) groups is 6. The smallest absolute Gasteiger partial charge is 0.408 e. The molecule has 16 heteroatoms. The van der Waals surface area contributed by atoms with Gasteiger partial charge in [-0.2, -0.15) is 0 Å². The molecule has 72 heavy (non-hydrogen) atoms. The summed E-state index contributed by atoms with van der Waals surface area (Å²) in [5.41, 5.74) is 3.03. The Hall–Kier alpha value is -6.78. The summed E-state index contributed by atoms with van der Waals surface area (Å²) in [7, 11) is 0. The number of hydrogen-bond acceptors (Lipinski definition) is 10. The van der Waals surface area contributed by atoms with Crippen molar-refractivity contribution < 1.29 is 48.5 Å². The lowest BCUT2D eigenvalue weighted by atomic mass is 9.88. The second-order valence-electron chi connectivity index (χ2n) is 19.8. The average Bonchev–Trinajstić information content (AvgIpc) is 3.35. The van der Waals surface area contributed by atoms with Gasteiger partial charge in [-0.25, -0.2) is 9.59 Å². The van der Waals surface area contributed by atoms with E-state index in [0.717, 1.165) is 22.3 Å². The molecule has 0 bridgehead atoms. The van der Waals surface area contributed by atoms with E-state index in [1.54, 1.807) is 52.0 Å². The molecule has 16 nitrogen and oxygen atoms in total. The standard InChI is InChI=1S/C56H76N6O10/c1-35(2)29-43(57-53(67)47(37(5)6)61-51(65)45(31-39-21-13-9-14-22-39)59-55(69)71-33-41-25-17-11-18-26-41)49(63)50(64)44(30-36(3)4)58-54(68)48(38(7)8)62-52(66)46(32-40-23-15-10-16-24-40)60-56(70)72-34-42-27-19-12-20-28-42/h9-28,35-38,43-50,63-64H,29-34H2,1-8H3,(H,57,67)(H,58,68)(H,59,69)(H,60,70)(H,61,65)(H,62,66)/t43-,44+,45?,46?,47?,48?,49+,50-. The SMILES string of the molecule is CC(C)C[C@H](NC(=O)C(NC(=O)C(Cc1ccccc1)NC(=O)OCc1ccccc1)C(C)C)[C@@H](O)[C@@H](O)[C@@H](CC(C)C)NC(=O)C(NC(=O)C(Cc1ccccc1)NC(=O)OCc1ccccc1)C(C)C. The minimum atomic E-state index is -1.61. The maximum atomic E-state index is 14.3. The Bertz CT molecular complexity index is 2120. The highest BCUT2D eigenvalue weighted by Crippen LogP contribution is 2.20. The molecule has 0 aromatic heterocycles. The van der Waals surface area contributed by atoms with E-state index in [1.807, 2.05) is 125 Å². The topological polar surface area (TPSA) is 234 Å². The van der Waals surface area contributed by atoms with Gasteiger partial charge in [0, 0.05) is 12.8 Å². The highest BCUT2D eigenvalue weighted by Gasteiger charge is 2.39. The van der Waals surface area contributed by atoms with Crippen LogP contribution in [-0.4, -0.2) is 94.5 Å². The van der Waals surface area contributed by atoms with Crippen LogP contribution >= 0.6 is 0 Å². The number of hydrogen-bond donors (Lipinski definition) is 8. The molecule has 8 N–H and O–H groups in total. The van der Waals surface area contributed by atoms with Gasteiger partial charge in [-0.3, -0.25) is 19.2 Å². The molecule has 4 aromatic carbocycles. The number of benzene rings is 4. The molecule has 0 fully saturated rings. The highest BCUT2D eigenvalue weighted by atomic mass is 16.6. The fourth-order valence-electron chi connectivity index (χ4n) is 8.11. The fraction of sp³-hybridized carbons (Fsp3) is 0.464. The van der Waals surface area contributed by atoms with Gasteiger partial charge in [-0.1, -0.05) is 177 Å². The Morgan fingerprint density at radius 2 is 0.694 bits per heavy atom. The Balaban J connectivity index is 1.49. The summed E-state index contributed by atoms with van der Waals surface area (Å²) in [4.78, 5) is 82.7. The lowest BCUT2D eigenvalue weighted by Gasteiger charge is -2.36. The van der Waals surface area contributed by atoms with Gasteiger partial charge in [0.1, 0.15) is 49.6 Å². The van der Waals surface area contributed by atoms with E-state index >= 15 is 0 Å². The van der Waals surface area contributed by atoms with E-state index < -0.39 is 96.1 Å². The lowest BCUT2D eigenvalue weighted by Crippen LogP contribution is -2.62. The van der Waals surface area contributed by atoms with E-state index in [1.165, 1.54) is 0 Å². The minimum absolute atomic E-state index is 0.0196. The number of aliphatic hydroxyl groups excluding tert-OH is 2. The number of carbonyl (C=O) groups excluding carboxylic acids is 6. The van der Waals surface area contributed by atoms with Crippen molar-refractivity contribution in [2.45, 2.75) is 143 Å². The molecule has 8 atom stereocenters. The van der Waals surface area contributed by atoms with Crippen LogP contribution in [0.4, 0.5) is 9.59 Å². The molecule has 0 aliphatic carbocycles. The normalized spacial score (nSPS) is 14.7. The Morgan fingerprint density at radius 3 is 0.972 bits per heavy atom. The Kier molecular flexibility index (Phi) is 23.7. The molecule has 0 radical (unpaired) electrons. The van der Waals surface area contributed by atoms with Gasteiger partial charge >= 0.3 is 12.2 Å². The number of ether oxygens (including phenoxy) is 2. The average molecular weight is 993 g/mol. The quantitative estimate of drug-likeness (QED) is 0.0341. The summed E-state index contributed by atoms with van der Waals surface area (Å²) in [6.45, 7) is 14.5. The first-order valence-corrected chi connectivity index (χ1v) is 24.9. The third-order valence-electron chi connectivity index (χ3n) is 12.0. The van der Waals surface area contributed by atoms with Gasteiger partial charge in [-0.15, -0.1) is 0 Å². The second kappa shape index (κ2) is 29.5. The molecule has 4 rings (SSSR count). The van der Waals surface area contributed by atoms with Crippen molar-refractivity contribution in [3.05, 3.63) is 144 Å². The van der Waals surface area contributed by atoms with Gasteiger partial charge in [0.15, 0.2) is 0 Å².